The Morgan fingerprint density at radius 1 is 0.708 bits per heavy atom. The SMILES string of the molecule is CC(C)[C@H](NC(=O)[C@H](Cc1ccc(O)cc1)NC(=O)CNC(=O)[C@H](Cc1ccccc1)NC(=O)[C@H](CC(=O)O)NC(=O)[C@@H]1CCCN1C(=O)CN)C(=O)N[C@H](C(=O)N[C@@H](CCCN=C(N)N)C(=O)O)[C@@H](C)O. The number of carboxylic acid groups (broad SMARTS) is 2. The highest BCUT2D eigenvalue weighted by Crippen LogP contribution is 2.18. The molecule has 0 unspecified atom stereocenters. The molecule has 2 aromatic carbocycles. The van der Waals surface area contributed by atoms with Crippen molar-refractivity contribution in [3.05, 3.63) is 65.7 Å². The fourth-order valence-corrected chi connectivity index (χ4v) is 7.51. The van der Waals surface area contributed by atoms with Gasteiger partial charge in [0.05, 0.1) is 25.6 Å². The van der Waals surface area contributed by atoms with E-state index in [0.717, 1.165) is 0 Å². The molecule has 72 heavy (non-hydrogen) atoms. The molecule has 1 fully saturated rings. The van der Waals surface area contributed by atoms with E-state index in [-0.39, 0.29) is 63.4 Å². The molecule has 8 amide bonds. The van der Waals surface area contributed by atoms with Crippen molar-refractivity contribution >= 4 is 65.2 Å². The van der Waals surface area contributed by atoms with Crippen molar-refractivity contribution < 1.29 is 68.4 Å². The van der Waals surface area contributed by atoms with Gasteiger partial charge in [0.25, 0.3) is 0 Å². The first-order valence-corrected chi connectivity index (χ1v) is 23.1. The Morgan fingerprint density at radius 3 is 1.85 bits per heavy atom. The lowest BCUT2D eigenvalue weighted by atomic mass is 10.00. The summed E-state index contributed by atoms with van der Waals surface area (Å²) in [5.41, 5.74) is 17.1. The van der Waals surface area contributed by atoms with E-state index in [0.29, 0.717) is 17.5 Å². The molecular weight excluding hydrogens is 945 g/mol. The van der Waals surface area contributed by atoms with Gasteiger partial charge in [0.1, 0.15) is 48.0 Å². The average molecular weight is 1010 g/mol. The molecule has 2 aromatic rings. The maximum atomic E-state index is 14.0. The van der Waals surface area contributed by atoms with Crippen LogP contribution < -0.4 is 54.4 Å². The quantitative estimate of drug-likeness (QED) is 0.0218. The Bertz CT molecular complexity index is 2260. The number of hydrogen-bond donors (Lipinski definition) is 14. The number of amides is 8. The normalized spacial score (nSPS) is 16.0. The monoisotopic (exact) mass is 1010 g/mol. The lowest BCUT2D eigenvalue weighted by Gasteiger charge is -2.29. The van der Waals surface area contributed by atoms with E-state index in [4.69, 9.17) is 17.2 Å². The van der Waals surface area contributed by atoms with Gasteiger partial charge in [0.15, 0.2) is 5.96 Å². The zero-order valence-corrected chi connectivity index (χ0v) is 40.2. The molecule has 26 nitrogen and oxygen atoms in total. The summed E-state index contributed by atoms with van der Waals surface area (Å²) in [4.78, 5) is 137. The molecule has 8 atom stereocenters. The number of hydrogen-bond acceptors (Lipinski definition) is 14. The van der Waals surface area contributed by atoms with Crippen LogP contribution in [0.1, 0.15) is 64.0 Å². The van der Waals surface area contributed by atoms with Crippen LogP contribution in [0.15, 0.2) is 59.6 Å². The van der Waals surface area contributed by atoms with Gasteiger partial charge in [-0.05, 0) is 61.8 Å². The summed E-state index contributed by atoms with van der Waals surface area (Å²) in [5.74, 6) is -11.0. The number of nitrogens with one attached hydrogen (secondary N) is 7. The van der Waals surface area contributed by atoms with Crippen molar-refractivity contribution in [2.24, 2.45) is 28.1 Å². The molecule has 1 saturated heterocycles. The standard InChI is InChI=1S/C46H66N12O14/c1-24(2)37(43(69)57-38(25(3)59)44(70)53-29(45(71)72)11-7-17-50-46(48)49)56-41(67)31(20-27-13-15-28(60)16-14-27)52-34(61)23-51-39(65)30(19-26-9-5-4-6-10-26)54-40(66)32(21-36(63)64)55-42(68)33-12-8-18-58(33)35(62)22-47/h4-6,9-10,13-16,24-25,29-33,37-38,59-60H,7-8,11-12,17-23,47H2,1-3H3,(H,51,65)(H,52,61)(H,53,70)(H,54,66)(H,55,68)(H,56,67)(H,57,69)(H,63,64)(H,71,72)(H4,48,49,50)/t25-,29+,30+,31+,32+,33+,37+,38+/m1/s1. The number of carboxylic acids is 2. The second-order valence-electron chi connectivity index (χ2n) is 17.4. The third kappa shape index (κ3) is 19.1. The third-order valence-electron chi connectivity index (χ3n) is 11.3. The minimum atomic E-state index is -1.70. The van der Waals surface area contributed by atoms with Crippen molar-refractivity contribution in [2.45, 2.75) is 114 Å². The molecule has 0 aromatic heterocycles. The summed E-state index contributed by atoms with van der Waals surface area (Å²) >= 11 is 0. The Hall–Kier alpha value is -7.87. The Balaban J connectivity index is 1.80. The number of aliphatic hydroxyl groups excluding tert-OH is 1. The number of guanidine groups is 1. The number of rotatable bonds is 28. The summed E-state index contributed by atoms with van der Waals surface area (Å²) < 4.78 is 0. The number of carbonyl (C=O) groups excluding carboxylic acids is 8. The number of aliphatic imine (C=N–C) groups is 1. The van der Waals surface area contributed by atoms with E-state index >= 15 is 0 Å². The molecule has 0 spiro atoms. The lowest BCUT2D eigenvalue weighted by molar-refractivity contribution is -0.143. The van der Waals surface area contributed by atoms with E-state index in [2.05, 4.69) is 42.2 Å². The van der Waals surface area contributed by atoms with Gasteiger partial charge in [-0.3, -0.25) is 48.1 Å². The minimum Gasteiger partial charge on any atom is -0.508 e. The predicted molar refractivity (Wildman–Crippen MR) is 257 cm³/mol. The molecule has 1 aliphatic heterocycles. The average Bonchev–Trinajstić information content (AvgIpc) is 3.82. The van der Waals surface area contributed by atoms with Crippen LogP contribution in [0.2, 0.25) is 0 Å². The number of phenols is 1. The number of aliphatic hydroxyl groups is 1. The molecular formula is C46H66N12O14. The zero-order valence-electron chi connectivity index (χ0n) is 40.2. The highest BCUT2D eigenvalue weighted by molar-refractivity contribution is 5.98. The number of nitrogens with zero attached hydrogens (tertiary/aromatic N) is 2. The first-order chi connectivity index (χ1) is 34.0. The minimum absolute atomic E-state index is 0.0656. The second kappa shape index (κ2) is 28.7. The van der Waals surface area contributed by atoms with Gasteiger partial charge >= 0.3 is 11.9 Å². The van der Waals surface area contributed by atoms with Crippen molar-refractivity contribution in [1.29, 1.82) is 0 Å². The van der Waals surface area contributed by atoms with Crippen molar-refractivity contribution in [3.8, 4) is 5.75 Å². The molecule has 17 N–H and O–H groups in total. The molecule has 0 radical (unpaired) electrons. The Labute approximate surface area is 414 Å². The van der Waals surface area contributed by atoms with Gasteiger partial charge in [0, 0.05) is 25.9 Å². The molecule has 26 heteroatoms. The Morgan fingerprint density at radius 2 is 1.28 bits per heavy atom. The van der Waals surface area contributed by atoms with E-state index in [1.54, 1.807) is 44.2 Å². The number of likely N-dealkylation sites (tertiary alicyclic amines) is 1. The molecule has 0 saturated carbocycles. The van der Waals surface area contributed by atoms with E-state index in [1.807, 2.05) is 0 Å². The largest absolute Gasteiger partial charge is 0.508 e. The fourth-order valence-electron chi connectivity index (χ4n) is 7.51. The summed E-state index contributed by atoms with van der Waals surface area (Å²) in [6.45, 7) is 3.42. The lowest BCUT2D eigenvalue weighted by Crippen LogP contribution is -2.61. The maximum Gasteiger partial charge on any atom is 0.326 e. The number of phenolic OH excluding ortho intramolecular Hbond substituents is 1. The highest BCUT2D eigenvalue weighted by Gasteiger charge is 2.38. The van der Waals surface area contributed by atoms with Gasteiger partial charge in [-0.15, -0.1) is 0 Å². The summed E-state index contributed by atoms with van der Waals surface area (Å²) in [6.07, 6.45) is -2.10. The maximum absolute atomic E-state index is 14.0. The van der Waals surface area contributed by atoms with Gasteiger partial charge in [-0.2, -0.15) is 0 Å². The van der Waals surface area contributed by atoms with E-state index < -0.39 is 126 Å². The van der Waals surface area contributed by atoms with Crippen LogP contribution in [0, 0.1) is 5.92 Å². The second-order valence-corrected chi connectivity index (χ2v) is 17.4. The molecule has 1 aliphatic rings. The predicted octanol–water partition coefficient (Wildman–Crippen LogP) is -4.20. The smallest absolute Gasteiger partial charge is 0.326 e. The van der Waals surface area contributed by atoms with Crippen molar-refractivity contribution in [2.75, 3.05) is 26.2 Å². The summed E-state index contributed by atoms with van der Waals surface area (Å²) in [7, 11) is 0. The van der Waals surface area contributed by atoms with Gasteiger partial charge in [0.2, 0.25) is 47.3 Å². The van der Waals surface area contributed by atoms with Crippen LogP contribution in [0.3, 0.4) is 0 Å². The first kappa shape index (κ1) is 58.4. The van der Waals surface area contributed by atoms with Crippen LogP contribution in [-0.4, -0.2) is 165 Å². The van der Waals surface area contributed by atoms with E-state index in [9.17, 15) is 68.4 Å². The van der Waals surface area contributed by atoms with E-state index in [1.165, 1.54) is 36.1 Å². The van der Waals surface area contributed by atoms with Crippen LogP contribution >= 0.6 is 0 Å². The van der Waals surface area contributed by atoms with Gasteiger partial charge in [-0.1, -0.05) is 56.3 Å². The number of aliphatic carboxylic acids is 2. The van der Waals surface area contributed by atoms with Crippen LogP contribution in [0.4, 0.5) is 0 Å². The molecule has 0 aliphatic carbocycles. The van der Waals surface area contributed by atoms with Crippen LogP contribution in [-0.2, 0) is 60.8 Å². The van der Waals surface area contributed by atoms with Crippen LogP contribution in [0.25, 0.3) is 0 Å². The van der Waals surface area contributed by atoms with Crippen molar-refractivity contribution in [3.63, 3.8) is 0 Å². The topological polar surface area (TPSA) is 429 Å². The fraction of sp³-hybridized carbons (Fsp3) is 0.500. The summed E-state index contributed by atoms with van der Waals surface area (Å²) in [6, 6.07) is 3.72. The number of benzene rings is 2. The third-order valence-corrected chi connectivity index (χ3v) is 11.3. The zero-order chi connectivity index (χ0) is 53.7. The molecule has 0 bridgehead atoms. The molecule has 1 heterocycles. The summed E-state index contributed by atoms with van der Waals surface area (Å²) in [5, 5.41) is 56.7. The number of aromatic hydroxyl groups is 1. The van der Waals surface area contributed by atoms with Gasteiger partial charge in [-0.25, -0.2) is 4.79 Å². The van der Waals surface area contributed by atoms with Gasteiger partial charge < -0.3 is 79.7 Å². The first-order valence-electron chi connectivity index (χ1n) is 23.1. The van der Waals surface area contributed by atoms with Crippen LogP contribution in [0.5, 0.6) is 5.75 Å². The number of nitrogens with two attached hydrogens (primary N) is 3. The Kier molecular flexibility index (Phi) is 23.3. The highest BCUT2D eigenvalue weighted by atomic mass is 16.4. The van der Waals surface area contributed by atoms with Crippen molar-refractivity contribution in [1.82, 2.24) is 42.1 Å². The molecule has 3 rings (SSSR count). The number of carbonyl (C=O) groups is 10. The molecule has 394 valence electrons.